The van der Waals surface area contributed by atoms with E-state index >= 15 is 0 Å². The highest BCUT2D eigenvalue weighted by Gasteiger charge is 2.42. The van der Waals surface area contributed by atoms with Crippen molar-refractivity contribution in [3.8, 4) is 0 Å². The van der Waals surface area contributed by atoms with E-state index in [-0.39, 0.29) is 4.06 Å². The lowest BCUT2D eigenvalue weighted by molar-refractivity contribution is 1.19. The molecular formula is C5HCl3OS4. The number of hydrogen-bond acceptors (Lipinski definition) is 5. The van der Waals surface area contributed by atoms with Crippen LogP contribution in [-0.2, 0) is 0 Å². The topological polar surface area (TPSA) is 17.1 Å². The van der Waals surface area contributed by atoms with E-state index in [0.29, 0.717) is 0 Å². The predicted octanol–water partition coefficient (Wildman–Crippen LogP) is 4.06. The Morgan fingerprint density at radius 3 is 2.54 bits per heavy atom. The fourth-order valence-electron chi connectivity index (χ4n) is 0.723. The van der Waals surface area contributed by atoms with Crippen molar-refractivity contribution in [1.29, 1.82) is 0 Å². The van der Waals surface area contributed by atoms with E-state index in [1.807, 2.05) is 0 Å². The zero-order chi connectivity index (χ0) is 9.64. The van der Waals surface area contributed by atoms with E-state index in [0.717, 1.165) is 8.42 Å². The molecule has 1 unspecified atom stereocenters. The molecule has 1 aromatic rings. The molecule has 0 saturated heterocycles. The molecule has 0 spiro atoms. The van der Waals surface area contributed by atoms with Gasteiger partial charge in [-0.25, -0.2) is 0 Å². The summed E-state index contributed by atoms with van der Waals surface area (Å²) in [5, 5.41) is 0. The van der Waals surface area contributed by atoms with Crippen molar-refractivity contribution >= 4 is 81.0 Å². The number of fused-ring (bicyclic) bond motifs is 1. The zero-order valence-corrected chi connectivity index (χ0v) is 11.3. The maximum Gasteiger partial charge on any atom is 0.289 e. The van der Waals surface area contributed by atoms with E-state index in [2.05, 4.69) is 0 Å². The molecule has 13 heavy (non-hydrogen) atoms. The number of thioether (sulfide) groups is 2. The largest absolute Gasteiger partial charge is 0.289 e. The van der Waals surface area contributed by atoms with Crippen LogP contribution in [0, 0.1) is 0 Å². The second-order valence-corrected chi connectivity index (χ2v) is 9.77. The van der Waals surface area contributed by atoms with Gasteiger partial charge in [-0.15, -0.1) is 11.6 Å². The first kappa shape index (κ1) is 10.9. The van der Waals surface area contributed by atoms with E-state index in [1.165, 1.54) is 46.2 Å². The van der Waals surface area contributed by atoms with Crippen LogP contribution in [0.15, 0.2) is 13.2 Å². The normalized spacial score (nSPS) is 25.6. The Kier molecular flexibility index (Phi) is 3.17. The smallest absolute Gasteiger partial charge is 0.265 e. The molecular weight excluding hydrogens is 311 g/mol. The van der Waals surface area contributed by atoms with Crippen LogP contribution in [0.25, 0.3) is 0 Å². The Bertz CT molecular complexity index is 383. The van der Waals surface area contributed by atoms with Crippen molar-refractivity contribution in [2.24, 2.45) is 0 Å². The van der Waals surface area contributed by atoms with Gasteiger partial charge in [-0.3, -0.25) is 4.79 Å². The summed E-state index contributed by atoms with van der Waals surface area (Å²) in [6.45, 7) is 0. The van der Waals surface area contributed by atoms with E-state index in [9.17, 15) is 4.79 Å². The SMILES string of the molecule is O=c1sc2c(s1)SC(Cl)(Cl)C(Cl)S2. The third-order valence-corrected chi connectivity index (χ3v) is 8.52. The van der Waals surface area contributed by atoms with Crippen molar-refractivity contribution < 1.29 is 0 Å². The van der Waals surface area contributed by atoms with Gasteiger partial charge in [0.2, 0.25) is 0 Å². The molecule has 1 nitrogen and oxygen atoms in total. The molecule has 0 saturated carbocycles. The molecule has 0 radical (unpaired) electrons. The van der Waals surface area contributed by atoms with Gasteiger partial charge < -0.3 is 0 Å². The van der Waals surface area contributed by atoms with E-state index < -0.39 is 8.37 Å². The molecule has 1 aromatic heterocycles. The highest BCUT2D eigenvalue weighted by Crippen LogP contribution is 2.58. The van der Waals surface area contributed by atoms with Crippen molar-refractivity contribution in [2.45, 2.75) is 16.8 Å². The second-order valence-electron chi connectivity index (χ2n) is 2.13. The van der Waals surface area contributed by atoms with Crippen molar-refractivity contribution in [3.05, 3.63) is 8.85 Å². The lowest BCUT2D eigenvalue weighted by Crippen LogP contribution is -2.21. The summed E-state index contributed by atoms with van der Waals surface area (Å²) in [5.41, 5.74) is 0. The molecule has 1 aliphatic heterocycles. The van der Waals surface area contributed by atoms with Gasteiger partial charge in [0.05, 0.1) is 8.42 Å². The Labute approximate surface area is 106 Å². The monoisotopic (exact) mass is 310 g/mol. The fourth-order valence-corrected chi connectivity index (χ4v) is 7.41. The third kappa shape index (κ3) is 2.17. The summed E-state index contributed by atoms with van der Waals surface area (Å²) in [7, 11) is 0. The quantitative estimate of drug-likeness (QED) is 0.673. The van der Waals surface area contributed by atoms with Crippen LogP contribution in [0.3, 0.4) is 0 Å². The van der Waals surface area contributed by atoms with Crippen LogP contribution in [-0.4, -0.2) is 8.37 Å². The minimum absolute atomic E-state index is 0.0555. The van der Waals surface area contributed by atoms with Crippen LogP contribution in [0.5, 0.6) is 0 Å². The van der Waals surface area contributed by atoms with Crippen molar-refractivity contribution in [3.63, 3.8) is 0 Å². The first-order valence-corrected chi connectivity index (χ1v) is 7.53. The fraction of sp³-hybridized carbons (Fsp3) is 0.400. The van der Waals surface area contributed by atoms with E-state index in [1.54, 1.807) is 0 Å². The first-order valence-electron chi connectivity index (χ1n) is 3.00. The van der Waals surface area contributed by atoms with Crippen LogP contribution < -0.4 is 4.06 Å². The molecule has 0 bridgehead atoms. The van der Waals surface area contributed by atoms with Crippen molar-refractivity contribution in [2.75, 3.05) is 0 Å². The predicted molar refractivity (Wildman–Crippen MR) is 64.3 cm³/mol. The average Bonchev–Trinajstić information content (AvgIpc) is 2.29. The number of rotatable bonds is 0. The van der Waals surface area contributed by atoms with Gasteiger partial charge in [-0.1, -0.05) is 69.4 Å². The molecule has 2 heterocycles. The third-order valence-electron chi connectivity index (χ3n) is 1.22. The standard InChI is InChI=1S/C5HCl3OS4/c6-3-5(7,8)13-2-1(10-3)11-4(9)12-2/h3H. The Morgan fingerprint density at radius 1 is 1.23 bits per heavy atom. The molecule has 0 aromatic carbocycles. The average molecular weight is 312 g/mol. The molecule has 0 amide bonds. The molecule has 1 atom stereocenters. The van der Waals surface area contributed by atoms with Gasteiger partial charge in [0.1, 0.15) is 4.71 Å². The Morgan fingerprint density at radius 2 is 1.85 bits per heavy atom. The number of hydrogen-bond donors (Lipinski definition) is 0. The maximum absolute atomic E-state index is 11.1. The molecule has 8 heteroatoms. The van der Waals surface area contributed by atoms with Gasteiger partial charge in [0.25, 0.3) is 4.06 Å². The zero-order valence-electron chi connectivity index (χ0n) is 5.75. The summed E-state index contributed by atoms with van der Waals surface area (Å²) < 4.78 is 0.403. The van der Waals surface area contributed by atoms with Crippen LogP contribution >= 0.6 is 81.0 Å². The van der Waals surface area contributed by atoms with Crippen LogP contribution in [0.4, 0.5) is 0 Å². The Balaban J connectivity index is 2.43. The molecule has 72 valence electrons. The van der Waals surface area contributed by atoms with Gasteiger partial charge in [0.15, 0.2) is 3.67 Å². The van der Waals surface area contributed by atoms with E-state index in [4.69, 9.17) is 34.8 Å². The minimum atomic E-state index is -1.04. The maximum atomic E-state index is 11.1. The summed E-state index contributed by atoms with van der Waals surface area (Å²) in [6.07, 6.45) is 0. The molecule has 0 aliphatic carbocycles. The van der Waals surface area contributed by atoms with Crippen LogP contribution in [0.1, 0.15) is 0 Å². The lowest BCUT2D eigenvalue weighted by Gasteiger charge is -2.27. The molecule has 1 aliphatic rings. The number of alkyl halides is 3. The van der Waals surface area contributed by atoms with Gasteiger partial charge >= 0.3 is 0 Å². The van der Waals surface area contributed by atoms with Gasteiger partial charge in [-0.2, -0.15) is 0 Å². The second kappa shape index (κ2) is 3.77. The van der Waals surface area contributed by atoms with Crippen molar-refractivity contribution in [1.82, 2.24) is 0 Å². The highest BCUT2D eigenvalue weighted by atomic mass is 35.5. The minimum Gasteiger partial charge on any atom is -0.265 e. The molecule has 2 rings (SSSR count). The molecule has 0 fully saturated rings. The number of halogens is 3. The lowest BCUT2D eigenvalue weighted by atomic mass is 10.9. The van der Waals surface area contributed by atoms with Gasteiger partial charge in [-0.05, 0) is 0 Å². The summed E-state index contributed by atoms with van der Waals surface area (Å²) in [4.78, 5) is 11.1. The van der Waals surface area contributed by atoms with Crippen LogP contribution in [0.2, 0.25) is 0 Å². The summed E-state index contributed by atoms with van der Waals surface area (Å²) in [6, 6.07) is 0. The first-order chi connectivity index (χ1) is 5.99. The Hall–Kier alpha value is 1.42. The summed E-state index contributed by atoms with van der Waals surface area (Å²) >= 11 is 22.8. The van der Waals surface area contributed by atoms with Gasteiger partial charge in [0, 0.05) is 0 Å². The summed E-state index contributed by atoms with van der Waals surface area (Å²) in [5.74, 6) is 0. The molecule has 0 N–H and O–H groups in total. The highest BCUT2D eigenvalue weighted by molar-refractivity contribution is 8.11.